The summed E-state index contributed by atoms with van der Waals surface area (Å²) in [7, 11) is 4.63. The molecule has 0 heterocycles. The molecule has 0 aromatic rings. The molecule has 0 rings (SSSR count). The minimum Gasteiger partial charge on any atom is -0.306 e. The maximum absolute atomic E-state index is 2.55. The van der Waals surface area contributed by atoms with Crippen LogP contribution in [0.4, 0.5) is 0 Å². The summed E-state index contributed by atoms with van der Waals surface area (Å²) < 4.78 is 0. The van der Waals surface area contributed by atoms with Crippen molar-refractivity contribution >= 4 is 0 Å². The lowest BCUT2D eigenvalue weighted by molar-refractivity contribution is 0.301. The van der Waals surface area contributed by atoms with Crippen LogP contribution in [0.15, 0.2) is 0 Å². The highest BCUT2D eigenvalue weighted by molar-refractivity contribution is 4.57. The molecule has 0 atom stereocenters. The van der Waals surface area contributed by atoms with E-state index in [2.05, 4.69) is 37.7 Å². The minimum atomic E-state index is 1.30. The van der Waals surface area contributed by atoms with Crippen molar-refractivity contribution < 1.29 is 0 Å². The Morgan fingerprint density at radius 3 is 0.786 bits per heavy atom. The van der Waals surface area contributed by atoms with Crippen molar-refractivity contribution in [3.05, 3.63) is 0 Å². The fourth-order valence-electron chi connectivity index (χ4n) is 4.02. The van der Waals surface area contributed by atoms with E-state index in [4.69, 9.17) is 0 Å². The van der Waals surface area contributed by atoms with Gasteiger partial charge < -0.3 is 9.80 Å². The van der Waals surface area contributed by atoms with Gasteiger partial charge in [0.25, 0.3) is 0 Å². The standard InChI is InChI=1S/C26H56N2/c1-5-7-9-11-13-15-19-23-27(3)25-21-17-18-22-26-28(4)24-20-16-14-12-10-8-6-2/h5-26H2,1-4H3. The molecule has 0 radical (unpaired) electrons. The van der Waals surface area contributed by atoms with Crippen LogP contribution in [0.25, 0.3) is 0 Å². The molecule has 0 aromatic heterocycles. The Balaban J connectivity index is 3.25. The molecule has 0 aliphatic carbocycles. The van der Waals surface area contributed by atoms with Gasteiger partial charge in [0, 0.05) is 0 Å². The minimum absolute atomic E-state index is 1.30. The van der Waals surface area contributed by atoms with Crippen molar-refractivity contribution in [2.45, 2.75) is 129 Å². The van der Waals surface area contributed by atoms with Gasteiger partial charge in [-0.15, -0.1) is 0 Å². The van der Waals surface area contributed by atoms with Crippen LogP contribution in [0, 0.1) is 0 Å². The highest BCUT2D eigenvalue weighted by Gasteiger charge is 2.01. The Kier molecular flexibility index (Phi) is 23.1. The van der Waals surface area contributed by atoms with Crippen molar-refractivity contribution in [3.8, 4) is 0 Å². The third-order valence-electron chi connectivity index (χ3n) is 6.12. The van der Waals surface area contributed by atoms with E-state index in [9.17, 15) is 0 Å². The van der Waals surface area contributed by atoms with Crippen LogP contribution in [-0.4, -0.2) is 50.1 Å². The summed E-state index contributed by atoms with van der Waals surface area (Å²) >= 11 is 0. The zero-order chi connectivity index (χ0) is 20.7. The molecule has 0 aliphatic heterocycles. The zero-order valence-electron chi connectivity index (χ0n) is 20.5. The van der Waals surface area contributed by atoms with Gasteiger partial charge in [0.15, 0.2) is 0 Å². The molecular formula is C26H56N2. The molecule has 0 N–H and O–H groups in total. The van der Waals surface area contributed by atoms with Crippen molar-refractivity contribution in [1.82, 2.24) is 9.80 Å². The predicted octanol–water partition coefficient (Wildman–Crippen LogP) is 7.91. The highest BCUT2D eigenvalue weighted by Crippen LogP contribution is 2.09. The average Bonchev–Trinajstić information content (AvgIpc) is 2.69. The third kappa shape index (κ3) is 22.2. The number of rotatable bonds is 23. The van der Waals surface area contributed by atoms with Gasteiger partial charge in [0.2, 0.25) is 0 Å². The second kappa shape index (κ2) is 23.2. The highest BCUT2D eigenvalue weighted by atomic mass is 15.1. The van der Waals surface area contributed by atoms with E-state index in [1.54, 1.807) is 0 Å². The second-order valence-electron chi connectivity index (χ2n) is 9.26. The van der Waals surface area contributed by atoms with Gasteiger partial charge in [-0.2, -0.15) is 0 Å². The number of hydrogen-bond acceptors (Lipinski definition) is 2. The lowest BCUT2D eigenvalue weighted by Gasteiger charge is -2.17. The summed E-state index contributed by atoms with van der Waals surface area (Å²) in [6, 6.07) is 0. The topological polar surface area (TPSA) is 6.48 Å². The van der Waals surface area contributed by atoms with Crippen molar-refractivity contribution in [3.63, 3.8) is 0 Å². The summed E-state index contributed by atoms with van der Waals surface area (Å²) in [6.07, 6.45) is 25.5. The van der Waals surface area contributed by atoms with Crippen molar-refractivity contribution in [2.75, 3.05) is 40.3 Å². The fourth-order valence-corrected chi connectivity index (χ4v) is 4.02. The van der Waals surface area contributed by atoms with Crippen LogP contribution in [0.1, 0.15) is 129 Å². The molecule has 0 spiro atoms. The van der Waals surface area contributed by atoms with Crippen LogP contribution in [0.5, 0.6) is 0 Å². The van der Waals surface area contributed by atoms with Gasteiger partial charge in [-0.3, -0.25) is 0 Å². The third-order valence-corrected chi connectivity index (χ3v) is 6.12. The normalized spacial score (nSPS) is 11.8. The van der Waals surface area contributed by atoms with Gasteiger partial charge in [0.1, 0.15) is 0 Å². The van der Waals surface area contributed by atoms with E-state index in [1.165, 1.54) is 142 Å². The molecule has 0 aliphatic rings. The first-order chi connectivity index (χ1) is 13.7. The molecular weight excluding hydrogens is 340 g/mol. The van der Waals surface area contributed by atoms with Gasteiger partial charge in [-0.05, 0) is 66.0 Å². The number of hydrogen-bond donors (Lipinski definition) is 0. The van der Waals surface area contributed by atoms with Crippen LogP contribution >= 0.6 is 0 Å². The molecule has 0 amide bonds. The Bertz CT molecular complexity index is 252. The molecule has 0 aromatic carbocycles. The van der Waals surface area contributed by atoms with E-state index >= 15 is 0 Å². The predicted molar refractivity (Wildman–Crippen MR) is 129 cm³/mol. The molecule has 0 fully saturated rings. The lowest BCUT2D eigenvalue weighted by Crippen LogP contribution is -2.22. The molecule has 0 unspecified atom stereocenters. The quantitative estimate of drug-likeness (QED) is 0.162. The Labute approximate surface area is 179 Å². The molecule has 170 valence electrons. The van der Waals surface area contributed by atoms with Crippen LogP contribution in [-0.2, 0) is 0 Å². The monoisotopic (exact) mass is 396 g/mol. The first kappa shape index (κ1) is 27.9. The van der Waals surface area contributed by atoms with Gasteiger partial charge >= 0.3 is 0 Å². The Morgan fingerprint density at radius 2 is 0.536 bits per heavy atom. The summed E-state index contributed by atoms with van der Waals surface area (Å²) in [4.78, 5) is 5.11. The largest absolute Gasteiger partial charge is 0.306 e. The number of nitrogens with zero attached hydrogens (tertiary/aromatic N) is 2. The maximum Gasteiger partial charge on any atom is -0.00218 e. The first-order valence-electron chi connectivity index (χ1n) is 13.1. The van der Waals surface area contributed by atoms with E-state index < -0.39 is 0 Å². The average molecular weight is 397 g/mol. The van der Waals surface area contributed by atoms with Crippen molar-refractivity contribution in [1.29, 1.82) is 0 Å². The molecule has 28 heavy (non-hydrogen) atoms. The molecule has 0 saturated carbocycles. The summed E-state index contributed by atoms with van der Waals surface area (Å²) in [5, 5.41) is 0. The van der Waals surface area contributed by atoms with Crippen LogP contribution in [0.2, 0.25) is 0 Å². The van der Waals surface area contributed by atoms with E-state index in [0.717, 1.165) is 0 Å². The zero-order valence-corrected chi connectivity index (χ0v) is 20.5. The van der Waals surface area contributed by atoms with Gasteiger partial charge in [0.05, 0.1) is 0 Å². The van der Waals surface area contributed by atoms with E-state index in [-0.39, 0.29) is 0 Å². The number of unbranched alkanes of at least 4 members (excludes halogenated alkanes) is 15. The van der Waals surface area contributed by atoms with E-state index in [0.29, 0.717) is 0 Å². The molecule has 2 heteroatoms. The Morgan fingerprint density at radius 1 is 0.321 bits per heavy atom. The lowest BCUT2D eigenvalue weighted by atomic mass is 10.1. The van der Waals surface area contributed by atoms with Crippen LogP contribution < -0.4 is 0 Å². The molecule has 0 saturated heterocycles. The smallest absolute Gasteiger partial charge is 0.00218 e. The summed E-state index contributed by atoms with van der Waals surface area (Å²) in [6.45, 7) is 9.78. The Hall–Kier alpha value is -0.0800. The first-order valence-corrected chi connectivity index (χ1v) is 13.1. The van der Waals surface area contributed by atoms with Gasteiger partial charge in [-0.1, -0.05) is 104 Å². The fraction of sp³-hybridized carbons (Fsp3) is 1.00. The van der Waals surface area contributed by atoms with Gasteiger partial charge in [-0.25, -0.2) is 0 Å². The van der Waals surface area contributed by atoms with Crippen molar-refractivity contribution in [2.24, 2.45) is 0 Å². The summed E-state index contributed by atoms with van der Waals surface area (Å²) in [5.74, 6) is 0. The van der Waals surface area contributed by atoms with E-state index in [1.807, 2.05) is 0 Å². The maximum atomic E-state index is 2.55. The van der Waals surface area contributed by atoms with Crippen LogP contribution in [0.3, 0.4) is 0 Å². The summed E-state index contributed by atoms with van der Waals surface area (Å²) in [5.41, 5.74) is 0. The SMILES string of the molecule is CCCCCCCCCN(C)CCCCCCN(C)CCCCCCCCC. The molecule has 0 bridgehead atoms. The second-order valence-corrected chi connectivity index (χ2v) is 9.26. The molecule has 2 nitrogen and oxygen atoms in total.